The minimum atomic E-state index is -1.53. The van der Waals surface area contributed by atoms with E-state index in [0.29, 0.717) is 6.08 Å². The van der Waals surface area contributed by atoms with Gasteiger partial charge < -0.3 is 19.8 Å². The van der Waals surface area contributed by atoms with Crippen LogP contribution in [0.2, 0.25) is 0 Å². The molecule has 0 aliphatic carbocycles. The molecule has 50 valence electrons. The van der Waals surface area contributed by atoms with Gasteiger partial charge in [0.25, 0.3) is 0 Å². The van der Waals surface area contributed by atoms with Gasteiger partial charge in [-0.3, -0.25) is 0 Å². The van der Waals surface area contributed by atoms with Crippen LogP contribution in [0.1, 0.15) is 6.92 Å². The van der Waals surface area contributed by atoms with Gasteiger partial charge in [-0.05, 0) is 18.6 Å². The first-order chi connectivity index (χ1) is 4.04. The summed E-state index contributed by atoms with van der Waals surface area (Å²) < 4.78 is 0. The second-order valence-electron chi connectivity index (χ2n) is 1.43. The Labute approximate surface area is 149 Å². The molecule has 0 fully saturated rings. The maximum atomic E-state index is 9.76. The van der Waals surface area contributed by atoms with Gasteiger partial charge in [0, 0.05) is 0 Å². The number of carbonyl (C=O) groups excluding carboxylic acids is 2. The molecule has 11 heavy (non-hydrogen) atoms. The topological polar surface area (TPSA) is 80.3 Å². The van der Waals surface area contributed by atoms with Crippen molar-refractivity contribution in [2.24, 2.45) is 0 Å². The summed E-state index contributed by atoms with van der Waals surface area (Å²) in [5, 5.41) is 19.4. The molecule has 0 aromatic heterocycles. The Hall–Kier alpha value is 1.95. The van der Waals surface area contributed by atoms with Crippen LogP contribution in [0, 0.1) is 0 Å². The number of hydrogen-bond acceptors (Lipinski definition) is 4. The van der Waals surface area contributed by atoms with E-state index in [9.17, 15) is 19.8 Å². The summed E-state index contributed by atoms with van der Waals surface area (Å²) >= 11 is 0. The predicted molar refractivity (Wildman–Crippen MR) is 23.8 cm³/mol. The second-order valence-corrected chi connectivity index (χ2v) is 1.43. The Bertz CT molecular complexity index is 175. The van der Waals surface area contributed by atoms with Crippen LogP contribution in [0.4, 0.5) is 0 Å². The smallest absolute Gasteiger partial charge is 0.545 e. The molecule has 6 heteroatoms. The fourth-order valence-electron chi connectivity index (χ4n) is 0.236. The fraction of sp³-hybridized carbons (Fsp3) is 0.200. The average Bonchev–Trinajstić information content (AvgIpc) is 1.63. The Morgan fingerprint density at radius 3 is 1.64 bits per heavy atom. The van der Waals surface area contributed by atoms with E-state index < -0.39 is 11.9 Å². The fourth-order valence-corrected chi connectivity index (χ4v) is 0.236. The SMILES string of the molecule is C/C(=C/C(=O)[O-])C(=O)[O-].[K+].[K+]. The van der Waals surface area contributed by atoms with Gasteiger partial charge in [-0.25, -0.2) is 0 Å². The van der Waals surface area contributed by atoms with Gasteiger partial charge in [0.05, 0.1) is 11.9 Å². The number of carbonyl (C=O) groups is 2. The quantitative estimate of drug-likeness (QED) is 0.332. The Morgan fingerprint density at radius 2 is 1.55 bits per heavy atom. The molecule has 0 amide bonds. The maximum Gasteiger partial charge on any atom is 1.00 e. The zero-order chi connectivity index (χ0) is 7.44. The summed E-state index contributed by atoms with van der Waals surface area (Å²) in [6.07, 6.45) is 0.468. The first-order valence-electron chi connectivity index (χ1n) is 2.14. The number of hydrogen-bond donors (Lipinski definition) is 0. The van der Waals surface area contributed by atoms with Crippen molar-refractivity contribution in [3.63, 3.8) is 0 Å². The molecule has 0 radical (unpaired) electrons. The van der Waals surface area contributed by atoms with Crippen molar-refractivity contribution in [1.82, 2.24) is 0 Å². The number of rotatable bonds is 2. The number of carboxylic acids is 2. The van der Waals surface area contributed by atoms with Crippen LogP contribution in [0.3, 0.4) is 0 Å². The zero-order valence-electron chi connectivity index (χ0n) is 6.71. The summed E-state index contributed by atoms with van der Waals surface area (Å²) in [5.41, 5.74) is -0.352. The standard InChI is InChI=1S/C5H6O4.2K/c1-3(5(8)9)2-4(6)7;;/h2H,1H3,(H,6,7)(H,8,9);;/q;2*+1/p-2/b3-2-;;. The molecule has 0 bridgehead atoms. The summed E-state index contributed by atoms with van der Waals surface area (Å²) in [7, 11) is 0. The Morgan fingerprint density at radius 1 is 1.18 bits per heavy atom. The van der Waals surface area contributed by atoms with Crippen LogP contribution in [-0.4, -0.2) is 11.9 Å². The van der Waals surface area contributed by atoms with Crippen molar-refractivity contribution in [2.45, 2.75) is 6.92 Å². The molecule has 0 atom stereocenters. The van der Waals surface area contributed by atoms with Gasteiger partial charge in [0.2, 0.25) is 0 Å². The summed E-state index contributed by atoms with van der Waals surface area (Å²) in [4.78, 5) is 19.4. The van der Waals surface area contributed by atoms with E-state index in [1.54, 1.807) is 0 Å². The molecule has 4 nitrogen and oxygen atoms in total. The van der Waals surface area contributed by atoms with Crippen LogP contribution in [0.15, 0.2) is 11.6 Å². The van der Waals surface area contributed by atoms with Crippen molar-refractivity contribution >= 4 is 11.9 Å². The van der Waals surface area contributed by atoms with Crippen LogP contribution in [0.25, 0.3) is 0 Å². The molecular formula is C5H4K2O4. The largest absolute Gasteiger partial charge is 1.00 e. The van der Waals surface area contributed by atoms with Crippen molar-refractivity contribution < 1.29 is 123 Å². The number of carboxylic acid groups (broad SMARTS) is 2. The van der Waals surface area contributed by atoms with E-state index in [4.69, 9.17) is 0 Å². The second kappa shape index (κ2) is 10.0. The summed E-state index contributed by atoms with van der Waals surface area (Å²) in [5.74, 6) is -3.03. The molecule has 0 aromatic carbocycles. The average molecular weight is 206 g/mol. The third-order valence-corrected chi connectivity index (χ3v) is 0.656. The Kier molecular flexibility index (Phi) is 17.0. The molecule has 0 unspecified atom stereocenters. The summed E-state index contributed by atoms with van der Waals surface area (Å²) in [6, 6.07) is 0. The molecule has 0 N–H and O–H groups in total. The molecule has 0 aliphatic rings. The molecular weight excluding hydrogens is 202 g/mol. The molecule has 0 saturated heterocycles. The van der Waals surface area contributed by atoms with Crippen molar-refractivity contribution in [3.05, 3.63) is 11.6 Å². The molecule has 0 aliphatic heterocycles. The van der Waals surface area contributed by atoms with E-state index >= 15 is 0 Å². The van der Waals surface area contributed by atoms with Gasteiger partial charge >= 0.3 is 103 Å². The van der Waals surface area contributed by atoms with Crippen molar-refractivity contribution in [1.29, 1.82) is 0 Å². The van der Waals surface area contributed by atoms with E-state index in [-0.39, 0.29) is 108 Å². The predicted octanol–water partition coefficient (Wildman–Crippen LogP) is -8.56. The zero-order valence-corrected chi connectivity index (χ0v) is 13.0. The molecule has 0 spiro atoms. The van der Waals surface area contributed by atoms with Crippen LogP contribution < -0.4 is 113 Å². The molecule has 0 saturated carbocycles. The van der Waals surface area contributed by atoms with Gasteiger partial charge in [-0.2, -0.15) is 0 Å². The minimum Gasteiger partial charge on any atom is -0.545 e. The summed E-state index contributed by atoms with van der Waals surface area (Å²) in [6.45, 7) is 1.12. The van der Waals surface area contributed by atoms with E-state index in [1.165, 1.54) is 0 Å². The normalized spacial score (nSPS) is 9.00. The third kappa shape index (κ3) is 12.0. The molecule has 0 heterocycles. The first-order valence-corrected chi connectivity index (χ1v) is 2.14. The van der Waals surface area contributed by atoms with E-state index in [2.05, 4.69) is 0 Å². The van der Waals surface area contributed by atoms with Gasteiger partial charge in [-0.15, -0.1) is 0 Å². The van der Waals surface area contributed by atoms with Gasteiger partial charge in [0.15, 0.2) is 0 Å². The molecule has 0 rings (SSSR count). The van der Waals surface area contributed by atoms with Crippen molar-refractivity contribution in [3.8, 4) is 0 Å². The Balaban J connectivity index is -0.000000320. The van der Waals surface area contributed by atoms with Gasteiger partial charge in [-0.1, -0.05) is 0 Å². The first kappa shape index (κ1) is 18.7. The number of aliphatic carboxylic acids is 2. The molecule has 0 aromatic rings. The van der Waals surface area contributed by atoms with E-state index in [0.717, 1.165) is 6.92 Å². The minimum absolute atomic E-state index is 0. The third-order valence-electron chi connectivity index (χ3n) is 0.656. The maximum absolute atomic E-state index is 9.76. The van der Waals surface area contributed by atoms with Crippen LogP contribution in [0.5, 0.6) is 0 Å². The van der Waals surface area contributed by atoms with E-state index in [1.807, 2.05) is 0 Å². The van der Waals surface area contributed by atoms with Crippen molar-refractivity contribution in [2.75, 3.05) is 0 Å². The van der Waals surface area contributed by atoms with Gasteiger partial charge in [0.1, 0.15) is 0 Å². The van der Waals surface area contributed by atoms with Crippen LogP contribution >= 0.6 is 0 Å². The monoisotopic (exact) mass is 206 g/mol. The van der Waals surface area contributed by atoms with Crippen LogP contribution in [-0.2, 0) is 9.59 Å².